The van der Waals surface area contributed by atoms with Crippen LogP contribution < -0.4 is 9.64 Å². The van der Waals surface area contributed by atoms with E-state index < -0.39 is 0 Å². The van der Waals surface area contributed by atoms with Gasteiger partial charge in [-0.05, 0) is 116 Å². The number of nitrogens with zero attached hydrogens (tertiary/aromatic N) is 1. The molecule has 4 aliphatic carbocycles. The summed E-state index contributed by atoms with van der Waals surface area (Å²) >= 11 is 0. The van der Waals surface area contributed by atoms with Gasteiger partial charge in [-0.2, -0.15) is 0 Å². The van der Waals surface area contributed by atoms with Crippen LogP contribution in [0.25, 0.3) is 0 Å². The number of anilines is 1. The summed E-state index contributed by atoms with van der Waals surface area (Å²) in [7, 11) is 6.01. The van der Waals surface area contributed by atoms with Crippen LogP contribution in [0.5, 0.6) is 5.75 Å². The van der Waals surface area contributed by atoms with Crippen molar-refractivity contribution in [2.75, 3.05) is 26.1 Å². The smallest absolute Gasteiger partial charge is 0.133 e. The molecule has 0 saturated heterocycles. The van der Waals surface area contributed by atoms with Gasteiger partial charge in [0.05, 0.1) is 7.11 Å². The van der Waals surface area contributed by atoms with Gasteiger partial charge in [0.15, 0.2) is 0 Å². The quantitative estimate of drug-likeness (QED) is 0.416. The minimum Gasteiger partial charge on any atom is -0.497 e. The average Bonchev–Trinajstić information content (AvgIpc) is 3.28. The molecule has 0 aliphatic heterocycles. The van der Waals surface area contributed by atoms with Gasteiger partial charge < -0.3 is 9.64 Å². The molecule has 0 spiro atoms. The SMILES string of the molecule is COc1cccc([C@@H]2CC[C@H]3[C@@H]4CCC5CC(=O)CCC5=C4CC[C@]23Cc2ccc(N(C)C)cc2)c1. The average molecular weight is 484 g/mol. The zero-order chi connectivity index (χ0) is 24.9. The van der Waals surface area contributed by atoms with E-state index >= 15 is 0 Å². The number of carbonyl (C=O) groups excluding carboxylic acids is 1. The zero-order valence-corrected chi connectivity index (χ0v) is 22.3. The van der Waals surface area contributed by atoms with Crippen molar-refractivity contribution in [2.24, 2.45) is 23.2 Å². The monoisotopic (exact) mass is 483 g/mol. The van der Waals surface area contributed by atoms with E-state index in [0.29, 0.717) is 17.6 Å². The first-order chi connectivity index (χ1) is 17.5. The fourth-order valence-corrected chi connectivity index (χ4v) is 8.76. The highest BCUT2D eigenvalue weighted by Gasteiger charge is 2.56. The van der Waals surface area contributed by atoms with Crippen LogP contribution in [0, 0.1) is 23.2 Å². The number of ether oxygens (including phenoxy) is 1. The van der Waals surface area contributed by atoms with Gasteiger partial charge in [-0.15, -0.1) is 0 Å². The van der Waals surface area contributed by atoms with Crippen molar-refractivity contribution >= 4 is 11.5 Å². The van der Waals surface area contributed by atoms with Crippen LogP contribution >= 0.6 is 0 Å². The predicted octanol–water partition coefficient (Wildman–Crippen LogP) is 7.35. The molecule has 0 heterocycles. The molecule has 0 amide bonds. The lowest BCUT2D eigenvalue weighted by molar-refractivity contribution is -0.120. The predicted molar refractivity (Wildman–Crippen MR) is 147 cm³/mol. The molecule has 4 aliphatic rings. The van der Waals surface area contributed by atoms with E-state index in [1.54, 1.807) is 18.3 Å². The molecular formula is C33H41NO2. The molecule has 3 fully saturated rings. The van der Waals surface area contributed by atoms with Crippen molar-refractivity contribution < 1.29 is 9.53 Å². The standard InChI is InChI=1S/C33H41NO2/c1-34(2)25-10-7-22(8-11-25)21-33-18-17-29-28-14-12-26(35)19-23(28)9-13-30(29)32(33)16-15-31(33)24-5-4-6-27(20-24)36-3/h4-8,10-11,20,23,30-32H,9,12-19,21H2,1-3H3/t23?,30-,31+,32+,33+/m1/s1. The van der Waals surface area contributed by atoms with Crippen molar-refractivity contribution in [1.29, 1.82) is 0 Å². The van der Waals surface area contributed by atoms with Crippen molar-refractivity contribution in [1.82, 2.24) is 0 Å². The van der Waals surface area contributed by atoms with E-state index in [4.69, 9.17) is 4.74 Å². The topological polar surface area (TPSA) is 29.5 Å². The Balaban J connectivity index is 1.39. The first kappa shape index (κ1) is 23.8. The van der Waals surface area contributed by atoms with Gasteiger partial charge in [0.2, 0.25) is 0 Å². The highest BCUT2D eigenvalue weighted by molar-refractivity contribution is 5.80. The number of carbonyl (C=O) groups is 1. The lowest BCUT2D eigenvalue weighted by Gasteiger charge is -2.52. The number of benzene rings is 2. The fourth-order valence-electron chi connectivity index (χ4n) is 8.76. The Morgan fingerprint density at radius 3 is 2.56 bits per heavy atom. The van der Waals surface area contributed by atoms with Gasteiger partial charge in [-0.3, -0.25) is 4.79 Å². The second-order valence-corrected chi connectivity index (χ2v) is 12.2. The number of hydrogen-bond donors (Lipinski definition) is 0. The fraction of sp³-hybridized carbons (Fsp3) is 0.545. The van der Waals surface area contributed by atoms with E-state index in [1.807, 2.05) is 0 Å². The largest absolute Gasteiger partial charge is 0.497 e. The van der Waals surface area contributed by atoms with Gasteiger partial charge in [-0.25, -0.2) is 0 Å². The molecule has 3 heteroatoms. The second-order valence-electron chi connectivity index (χ2n) is 12.2. The summed E-state index contributed by atoms with van der Waals surface area (Å²) in [6, 6.07) is 18.2. The summed E-state index contributed by atoms with van der Waals surface area (Å²) in [4.78, 5) is 14.4. The molecule has 0 N–H and O–H groups in total. The third-order valence-corrected chi connectivity index (χ3v) is 10.4. The van der Waals surface area contributed by atoms with Crippen LogP contribution in [0.1, 0.15) is 74.8 Å². The molecule has 6 rings (SSSR count). The summed E-state index contributed by atoms with van der Waals surface area (Å²) < 4.78 is 5.65. The summed E-state index contributed by atoms with van der Waals surface area (Å²) in [5.41, 5.74) is 8.00. The van der Waals surface area contributed by atoms with E-state index in [-0.39, 0.29) is 5.41 Å². The number of Topliss-reactive ketones (excluding diaryl/α,β-unsaturated/α-hetero) is 1. The van der Waals surface area contributed by atoms with Gasteiger partial charge in [0, 0.05) is 32.6 Å². The lowest BCUT2D eigenvalue weighted by atomic mass is 9.52. The minimum atomic E-state index is 0.290. The molecule has 0 bridgehead atoms. The Morgan fingerprint density at radius 2 is 1.78 bits per heavy atom. The van der Waals surface area contributed by atoms with Gasteiger partial charge >= 0.3 is 0 Å². The van der Waals surface area contributed by atoms with Crippen molar-refractivity contribution in [3.8, 4) is 5.75 Å². The highest BCUT2D eigenvalue weighted by Crippen LogP contribution is 2.66. The maximum atomic E-state index is 12.2. The Morgan fingerprint density at radius 1 is 0.944 bits per heavy atom. The normalized spacial score (nSPS) is 31.5. The first-order valence-electron chi connectivity index (χ1n) is 14.1. The molecule has 5 atom stereocenters. The molecule has 2 aromatic carbocycles. The Labute approximate surface area is 216 Å². The van der Waals surface area contributed by atoms with Crippen LogP contribution in [0.15, 0.2) is 59.7 Å². The van der Waals surface area contributed by atoms with E-state index in [2.05, 4.69) is 67.5 Å². The molecular weight excluding hydrogens is 442 g/mol. The number of fused-ring (bicyclic) bond motifs is 4. The van der Waals surface area contributed by atoms with E-state index in [0.717, 1.165) is 43.3 Å². The molecule has 3 nitrogen and oxygen atoms in total. The second kappa shape index (κ2) is 9.39. The van der Waals surface area contributed by atoms with Gasteiger partial charge in [0.1, 0.15) is 11.5 Å². The summed E-state index contributed by atoms with van der Waals surface area (Å²) in [6.45, 7) is 0. The molecule has 36 heavy (non-hydrogen) atoms. The molecule has 2 aromatic rings. The number of ketones is 1. The lowest BCUT2D eigenvalue weighted by Crippen LogP contribution is -2.43. The molecule has 0 radical (unpaired) electrons. The van der Waals surface area contributed by atoms with Crippen molar-refractivity contribution in [3.05, 3.63) is 70.8 Å². The molecule has 1 unspecified atom stereocenters. The Bertz CT molecular complexity index is 1160. The number of allylic oxidation sites excluding steroid dienone is 2. The summed E-state index contributed by atoms with van der Waals surface area (Å²) in [5, 5.41) is 0. The number of rotatable bonds is 5. The van der Waals surface area contributed by atoms with Gasteiger partial charge in [0.25, 0.3) is 0 Å². The van der Waals surface area contributed by atoms with Crippen LogP contribution in [-0.2, 0) is 11.2 Å². The maximum absolute atomic E-state index is 12.2. The number of hydrogen-bond acceptors (Lipinski definition) is 3. The van der Waals surface area contributed by atoms with Crippen LogP contribution in [0.2, 0.25) is 0 Å². The summed E-state index contributed by atoms with van der Waals surface area (Å²) in [5.74, 6) is 4.05. The van der Waals surface area contributed by atoms with Crippen LogP contribution in [0.3, 0.4) is 0 Å². The first-order valence-corrected chi connectivity index (χ1v) is 14.1. The number of methoxy groups -OCH3 is 1. The molecule has 3 saturated carbocycles. The van der Waals surface area contributed by atoms with Gasteiger partial charge in [-0.1, -0.05) is 35.4 Å². The van der Waals surface area contributed by atoms with E-state index in [1.165, 1.54) is 55.3 Å². The highest BCUT2D eigenvalue weighted by atomic mass is 16.5. The Kier molecular flexibility index (Phi) is 6.22. The third-order valence-electron chi connectivity index (χ3n) is 10.4. The van der Waals surface area contributed by atoms with Crippen LogP contribution in [-0.4, -0.2) is 27.0 Å². The van der Waals surface area contributed by atoms with E-state index in [9.17, 15) is 4.79 Å². The zero-order valence-electron chi connectivity index (χ0n) is 22.3. The van der Waals surface area contributed by atoms with Crippen LogP contribution in [0.4, 0.5) is 5.69 Å². The Hall–Kier alpha value is -2.55. The third kappa shape index (κ3) is 3.99. The maximum Gasteiger partial charge on any atom is 0.133 e. The van der Waals surface area contributed by atoms with Crippen molar-refractivity contribution in [3.63, 3.8) is 0 Å². The molecule has 190 valence electrons. The summed E-state index contributed by atoms with van der Waals surface area (Å²) in [6.07, 6.45) is 11.4. The minimum absolute atomic E-state index is 0.290. The molecule has 0 aromatic heterocycles. The van der Waals surface area contributed by atoms with Crippen molar-refractivity contribution in [2.45, 2.75) is 70.1 Å².